The van der Waals surface area contributed by atoms with E-state index in [2.05, 4.69) is 4.98 Å². The summed E-state index contributed by atoms with van der Waals surface area (Å²) in [6.45, 7) is 5.89. The molecule has 0 saturated heterocycles. The Labute approximate surface area is 108 Å². The van der Waals surface area contributed by atoms with E-state index in [0.29, 0.717) is 12.4 Å². The van der Waals surface area contributed by atoms with Crippen molar-refractivity contribution >= 4 is 6.09 Å². The number of carbonyl (C=O) groups excluding carboxylic acids is 1. The normalized spacial score (nSPS) is 10.9. The number of methoxy groups -OCH3 is 1. The van der Waals surface area contributed by atoms with Gasteiger partial charge in [-0.15, -0.1) is 0 Å². The minimum atomic E-state index is -0.493. The molecule has 0 spiro atoms. The van der Waals surface area contributed by atoms with Gasteiger partial charge in [-0.2, -0.15) is 0 Å². The van der Waals surface area contributed by atoms with Crippen LogP contribution in [0.1, 0.15) is 26.5 Å². The highest BCUT2D eigenvalue weighted by molar-refractivity contribution is 5.67. The van der Waals surface area contributed by atoms with E-state index in [4.69, 9.17) is 9.47 Å². The Hall–Kier alpha value is -1.78. The Kier molecular flexibility index (Phi) is 4.53. The number of ether oxygens (including phenoxy) is 2. The predicted octanol–water partition coefficient (Wildman–Crippen LogP) is 2.46. The van der Waals surface area contributed by atoms with Crippen LogP contribution in [0.15, 0.2) is 18.2 Å². The fraction of sp³-hybridized carbons (Fsp3) is 0.538. The van der Waals surface area contributed by atoms with Gasteiger partial charge in [0.25, 0.3) is 0 Å². The van der Waals surface area contributed by atoms with Gasteiger partial charge in [0.1, 0.15) is 5.60 Å². The fourth-order valence-corrected chi connectivity index (χ4v) is 1.31. The van der Waals surface area contributed by atoms with Gasteiger partial charge in [0, 0.05) is 13.1 Å². The average molecular weight is 252 g/mol. The lowest BCUT2D eigenvalue weighted by molar-refractivity contribution is 0.0283. The predicted molar refractivity (Wildman–Crippen MR) is 68.5 cm³/mol. The van der Waals surface area contributed by atoms with E-state index < -0.39 is 5.60 Å². The van der Waals surface area contributed by atoms with Crippen molar-refractivity contribution < 1.29 is 14.3 Å². The van der Waals surface area contributed by atoms with Gasteiger partial charge in [0.2, 0.25) is 5.88 Å². The lowest BCUT2D eigenvalue weighted by Gasteiger charge is -2.24. The molecule has 0 saturated carbocycles. The summed E-state index contributed by atoms with van der Waals surface area (Å²) in [7, 11) is 3.24. The number of nitrogens with zero attached hydrogens (tertiary/aromatic N) is 2. The van der Waals surface area contributed by atoms with Crippen molar-refractivity contribution in [2.75, 3.05) is 14.2 Å². The molecule has 0 aromatic carbocycles. The highest BCUT2D eigenvalue weighted by Crippen LogP contribution is 2.12. The van der Waals surface area contributed by atoms with Crippen molar-refractivity contribution in [1.82, 2.24) is 9.88 Å². The van der Waals surface area contributed by atoms with Gasteiger partial charge in [0.15, 0.2) is 0 Å². The molecule has 0 radical (unpaired) electrons. The van der Waals surface area contributed by atoms with Crippen molar-refractivity contribution in [1.29, 1.82) is 0 Å². The van der Waals surface area contributed by atoms with Crippen LogP contribution in [0.3, 0.4) is 0 Å². The number of amides is 1. The van der Waals surface area contributed by atoms with Crippen LogP contribution in [0.4, 0.5) is 4.79 Å². The van der Waals surface area contributed by atoms with Crippen LogP contribution >= 0.6 is 0 Å². The smallest absolute Gasteiger partial charge is 0.410 e. The van der Waals surface area contributed by atoms with Crippen molar-refractivity contribution in [3.63, 3.8) is 0 Å². The van der Waals surface area contributed by atoms with E-state index in [9.17, 15) is 4.79 Å². The van der Waals surface area contributed by atoms with Crippen molar-refractivity contribution in [2.24, 2.45) is 0 Å². The number of pyridine rings is 1. The van der Waals surface area contributed by atoms with Crippen molar-refractivity contribution in [3.8, 4) is 5.88 Å². The summed E-state index contributed by atoms with van der Waals surface area (Å²) in [6, 6.07) is 5.43. The summed E-state index contributed by atoms with van der Waals surface area (Å²) >= 11 is 0. The zero-order chi connectivity index (χ0) is 13.8. The fourth-order valence-electron chi connectivity index (χ4n) is 1.31. The average Bonchev–Trinajstić information content (AvgIpc) is 2.27. The number of rotatable bonds is 3. The molecule has 0 aliphatic carbocycles. The summed E-state index contributed by atoms with van der Waals surface area (Å²) in [6.07, 6.45) is -0.368. The Morgan fingerprint density at radius 3 is 2.61 bits per heavy atom. The molecule has 100 valence electrons. The van der Waals surface area contributed by atoms with Gasteiger partial charge in [0.05, 0.1) is 19.3 Å². The molecular formula is C13H20N2O3. The molecule has 0 N–H and O–H groups in total. The van der Waals surface area contributed by atoms with Gasteiger partial charge in [-0.1, -0.05) is 6.07 Å². The number of hydrogen-bond acceptors (Lipinski definition) is 4. The second-order valence-corrected chi connectivity index (χ2v) is 5.01. The molecule has 5 nitrogen and oxygen atoms in total. The summed E-state index contributed by atoms with van der Waals surface area (Å²) in [4.78, 5) is 17.5. The van der Waals surface area contributed by atoms with Gasteiger partial charge < -0.3 is 14.4 Å². The molecule has 0 fully saturated rings. The van der Waals surface area contributed by atoms with E-state index in [0.717, 1.165) is 5.69 Å². The van der Waals surface area contributed by atoms with E-state index in [1.54, 1.807) is 20.2 Å². The highest BCUT2D eigenvalue weighted by Gasteiger charge is 2.19. The molecule has 0 bridgehead atoms. The molecule has 1 amide bonds. The second-order valence-electron chi connectivity index (χ2n) is 5.01. The molecule has 1 heterocycles. The largest absolute Gasteiger partial charge is 0.481 e. The van der Waals surface area contributed by atoms with Crippen LogP contribution in [0.5, 0.6) is 5.88 Å². The van der Waals surface area contributed by atoms with E-state index in [1.807, 2.05) is 32.9 Å². The third kappa shape index (κ3) is 4.61. The van der Waals surface area contributed by atoms with Crippen molar-refractivity contribution in [2.45, 2.75) is 32.9 Å². The molecule has 1 aromatic heterocycles. The van der Waals surface area contributed by atoms with Crippen molar-refractivity contribution in [3.05, 3.63) is 23.9 Å². The third-order valence-corrected chi connectivity index (χ3v) is 2.09. The first-order valence-electron chi connectivity index (χ1n) is 5.76. The van der Waals surface area contributed by atoms with Gasteiger partial charge in [-0.3, -0.25) is 0 Å². The topological polar surface area (TPSA) is 51.7 Å². The van der Waals surface area contributed by atoms with Crippen LogP contribution in [-0.2, 0) is 11.3 Å². The summed E-state index contributed by atoms with van der Waals surface area (Å²) in [5, 5.41) is 0. The molecule has 18 heavy (non-hydrogen) atoms. The van der Waals surface area contributed by atoms with Crippen LogP contribution in [0, 0.1) is 0 Å². The quantitative estimate of drug-likeness (QED) is 0.829. The molecule has 0 unspecified atom stereocenters. The standard InChI is InChI=1S/C13H20N2O3/c1-13(2,3)18-12(16)15(4)9-10-7-6-8-11(14-10)17-5/h6-8H,9H2,1-5H3. The zero-order valence-electron chi connectivity index (χ0n) is 11.6. The van der Waals surface area contributed by atoms with E-state index >= 15 is 0 Å². The molecule has 1 aromatic rings. The van der Waals surface area contributed by atoms with Crippen LogP contribution < -0.4 is 4.74 Å². The first-order valence-corrected chi connectivity index (χ1v) is 5.76. The first kappa shape index (κ1) is 14.3. The lowest BCUT2D eigenvalue weighted by atomic mass is 10.2. The van der Waals surface area contributed by atoms with Crippen LogP contribution in [-0.4, -0.2) is 35.7 Å². The summed E-state index contributed by atoms with van der Waals surface area (Å²) in [5.41, 5.74) is 0.260. The third-order valence-electron chi connectivity index (χ3n) is 2.09. The second kappa shape index (κ2) is 5.71. The molecule has 0 aliphatic heterocycles. The molecule has 1 rings (SSSR count). The number of carbonyl (C=O) groups is 1. The molecular weight excluding hydrogens is 232 g/mol. The molecule has 5 heteroatoms. The van der Waals surface area contributed by atoms with Gasteiger partial charge in [-0.05, 0) is 26.8 Å². The Bertz CT molecular complexity index is 413. The minimum Gasteiger partial charge on any atom is -0.481 e. The Morgan fingerprint density at radius 1 is 1.39 bits per heavy atom. The maximum absolute atomic E-state index is 11.8. The van der Waals surface area contributed by atoms with E-state index in [-0.39, 0.29) is 6.09 Å². The summed E-state index contributed by atoms with van der Waals surface area (Å²) < 4.78 is 10.3. The summed E-state index contributed by atoms with van der Waals surface area (Å²) in [5.74, 6) is 0.532. The SMILES string of the molecule is COc1cccc(CN(C)C(=O)OC(C)(C)C)n1. The minimum absolute atomic E-state index is 0.368. The maximum Gasteiger partial charge on any atom is 0.410 e. The van der Waals surface area contributed by atoms with Gasteiger partial charge in [-0.25, -0.2) is 9.78 Å². The maximum atomic E-state index is 11.8. The van der Waals surface area contributed by atoms with Gasteiger partial charge >= 0.3 is 6.09 Å². The monoisotopic (exact) mass is 252 g/mol. The zero-order valence-corrected chi connectivity index (χ0v) is 11.6. The number of aromatic nitrogens is 1. The van der Waals surface area contributed by atoms with Crippen LogP contribution in [0.25, 0.3) is 0 Å². The molecule has 0 atom stereocenters. The lowest BCUT2D eigenvalue weighted by Crippen LogP contribution is -2.34. The Balaban J connectivity index is 2.63. The first-order chi connectivity index (χ1) is 8.31. The molecule has 0 aliphatic rings. The highest BCUT2D eigenvalue weighted by atomic mass is 16.6. The Morgan fingerprint density at radius 2 is 2.06 bits per heavy atom. The van der Waals surface area contributed by atoms with E-state index in [1.165, 1.54) is 4.90 Å². The number of hydrogen-bond donors (Lipinski definition) is 0. The van der Waals surface area contributed by atoms with Crippen LogP contribution in [0.2, 0.25) is 0 Å².